The minimum absolute atomic E-state index is 0.560. The lowest BCUT2D eigenvalue weighted by molar-refractivity contribution is 0.869. The molecule has 13 heavy (non-hydrogen) atoms. The number of benzene rings is 1. The quantitative estimate of drug-likeness (QED) is 0.693. The fourth-order valence-electron chi connectivity index (χ4n) is 1.27. The van der Waals surface area contributed by atoms with Gasteiger partial charge in [0.1, 0.15) is 0 Å². The van der Waals surface area contributed by atoms with Crippen LogP contribution in [0.5, 0.6) is 0 Å². The highest BCUT2D eigenvalue weighted by Gasteiger charge is 2.04. The third kappa shape index (κ3) is 1.69. The number of thiazole rings is 1. The van der Waals surface area contributed by atoms with Crippen molar-refractivity contribution in [3.63, 3.8) is 0 Å². The van der Waals surface area contributed by atoms with Crippen molar-refractivity contribution in [2.75, 3.05) is 0 Å². The highest BCUT2D eigenvalue weighted by Crippen LogP contribution is 2.28. The molecule has 0 spiro atoms. The van der Waals surface area contributed by atoms with E-state index >= 15 is 0 Å². The maximum absolute atomic E-state index is 5.82. The van der Waals surface area contributed by atoms with Gasteiger partial charge >= 0.3 is 0 Å². The SMILES string of the molecule is CC(C)c1ccc2nc(Cl)sc2c1. The standard InChI is InChI=1S/C10H10ClNS/c1-6(2)7-3-4-8-9(5-7)13-10(11)12-8/h3-6H,1-2H3. The van der Waals surface area contributed by atoms with Crippen molar-refractivity contribution in [3.05, 3.63) is 28.2 Å². The van der Waals surface area contributed by atoms with Crippen LogP contribution in [0.1, 0.15) is 25.3 Å². The summed E-state index contributed by atoms with van der Waals surface area (Å²) in [7, 11) is 0. The number of halogens is 1. The number of rotatable bonds is 1. The Bertz CT molecular complexity index is 433. The van der Waals surface area contributed by atoms with Crippen molar-refractivity contribution >= 4 is 33.2 Å². The Hall–Kier alpha value is -0.600. The molecule has 3 heteroatoms. The van der Waals surface area contributed by atoms with Crippen LogP contribution in [0, 0.1) is 0 Å². The Morgan fingerprint density at radius 1 is 1.38 bits per heavy atom. The topological polar surface area (TPSA) is 12.9 Å². The molecule has 1 heterocycles. The largest absolute Gasteiger partial charge is 0.225 e. The smallest absolute Gasteiger partial charge is 0.184 e. The highest BCUT2D eigenvalue weighted by molar-refractivity contribution is 7.22. The molecular weight excluding hydrogens is 202 g/mol. The first kappa shape index (κ1) is 8.97. The zero-order chi connectivity index (χ0) is 9.42. The second-order valence-corrected chi connectivity index (χ2v) is 4.96. The van der Waals surface area contributed by atoms with Gasteiger partial charge in [-0.25, -0.2) is 4.98 Å². The van der Waals surface area contributed by atoms with Gasteiger partial charge in [0, 0.05) is 0 Å². The summed E-state index contributed by atoms with van der Waals surface area (Å²) in [6, 6.07) is 6.32. The van der Waals surface area contributed by atoms with Gasteiger partial charge in [0.2, 0.25) is 0 Å². The van der Waals surface area contributed by atoms with Crippen LogP contribution in [0.3, 0.4) is 0 Å². The van der Waals surface area contributed by atoms with Crippen LogP contribution in [0.2, 0.25) is 4.47 Å². The van der Waals surface area contributed by atoms with Crippen LogP contribution < -0.4 is 0 Å². The normalized spacial score (nSPS) is 11.4. The van der Waals surface area contributed by atoms with E-state index in [1.54, 1.807) is 0 Å². The minimum atomic E-state index is 0.560. The van der Waals surface area contributed by atoms with Gasteiger partial charge in [-0.15, -0.1) is 11.3 Å². The molecule has 0 saturated carbocycles. The van der Waals surface area contributed by atoms with Gasteiger partial charge in [-0.2, -0.15) is 0 Å². The third-order valence-corrected chi connectivity index (χ3v) is 3.18. The minimum Gasteiger partial charge on any atom is -0.225 e. The summed E-state index contributed by atoms with van der Waals surface area (Å²) in [6.45, 7) is 4.37. The molecule has 68 valence electrons. The molecule has 1 aromatic heterocycles. The van der Waals surface area contributed by atoms with Gasteiger partial charge < -0.3 is 0 Å². The summed E-state index contributed by atoms with van der Waals surface area (Å²) in [6.07, 6.45) is 0. The van der Waals surface area contributed by atoms with Crippen molar-refractivity contribution in [1.29, 1.82) is 0 Å². The van der Waals surface area contributed by atoms with Crippen LogP contribution in [-0.2, 0) is 0 Å². The Labute approximate surface area is 86.4 Å². The Morgan fingerprint density at radius 3 is 2.85 bits per heavy atom. The Morgan fingerprint density at radius 2 is 2.15 bits per heavy atom. The molecule has 0 aliphatic rings. The lowest BCUT2D eigenvalue weighted by atomic mass is 10.0. The van der Waals surface area contributed by atoms with Crippen molar-refractivity contribution in [2.45, 2.75) is 19.8 Å². The number of hydrogen-bond acceptors (Lipinski definition) is 2. The average Bonchev–Trinajstić information content (AvgIpc) is 2.42. The molecule has 1 aromatic carbocycles. The highest BCUT2D eigenvalue weighted by atomic mass is 35.5. The lowest BCUT2D eigenvalue weighted by Gasteiger charge is -2.03. The summed E-state index contributed by atoms with van der Waals surface area (Å²) >= 11 is 7.36. The van der Waals surface area contributed by atoms with E-state index in [0.717, 1.165) is 5.52 Å². The van der Waals surface area contributed by atoms with E-state index in [2.05, 4.69) is 31.0 Å². The molecule has 0 aliphatic heterocycles. The van der Waals surface area contributed by atoms with E-state index in [4.69, 9.17) is 11.6 Å². The summed E-state index contributed by atoms with van der Waals surface area (Å²) in [4.78, 5) is 4.20. The van der Waals surface area contributed by atoms with Crippen LogP contribution in [0.4, 0.5) is 0 Å². The summed E-state index contributed by atoms with van der Waals surface area (Å²) < 4.78 is 1.80. The predicted octanol–water partition coefficient (Wildman–Crippen LogP) is 4.07. The molecule has 2 aromatic rings. The molecule has 0 radical (unpaired) electrons. The van der Waals surface area contributed by atoms with Crippen molar-refractivity contribution in [3.8, 4) is 0 Å². The molecule has 0 bridgehead atoms. The molecular formula is C10H10ClNS. The van der Waals surface area contributed by atoms with Crippen molar-refractivity contribution in [1.82, 2.24) is 4.98 Å². The zero-order valence-corrected chi connectivity index (χ0v) is 9.12. The number of nitrogens with zero attached hydrogens (tertiary/aromatic N) is 1. The van der Waals surface area contributed by atoms with E-state index in [0.29, 0.717) is 10.4 Å². The summed E-state index contributed by atoms with van der Waals surface area (Å²) in [5.74, 6) is 0.560. The molecule has 0 saturated heterocycles. The zero-order valence-electron chi connectivity index (χ0n) is 7.54. The first-order chi connectivity index (χ1) is 6.16. The van der Waals surface area contributed by atoms with Crippen LogP contribution in [0.15, 0.2) is 18.2 Å². The average molecular weight is 212 g/mol. The van der Waals surface area contributed by atoms with E-state index in [1.165, 1.54) is 21.6 Å². The Kier molecular flexibility index (Phi) is 2.26. The molecule has 0 fully saturated rings. The van der Waals surface area contributed by atoms with E-state index < -0.39 is 0 Å². The van der Waals surface area contributed by atoms with E-state index in [9.17, 15) is 0 Å². The predicted molar refractivity (Wildman–Crippen MR) is 58.7 cm³/mol. The first-order valence-corrected chi connectivity index (χ1v) is 5.42. The van der Waals surface area contributed by atoms with Gasteiger partial charge in [-0.3, -0.25) is 0 Å². The Balaban J connectivity index is 2.61. The number of fused-ring (bicyclic) bond motifs is 1. The summed E-state index contributed by atoms with van der Waals surface area (Å²) in [5, 5.41) is 0. The van der Waals surface area contributed by atoms with Crippen LogP contribution >= 0.6 is 22.9 Å². The fraction of sp³-hybridized carbons (Fsp3) is 0.300. The molecule has 2 rings (SSSR count). The van der Waals surface area contributed by atoms with Gasteiger partial charge in [0.15, 0.2) is 4.47 Å². The molecule has 0 atom stereocenters. The monoisotopic (exact) mass is 211 g/mol. The van der Waals surface area contributed by atoms with Crippen molar-refractivity contribution in [2.24, 2.45) is 0 Å². The number of aromatic nitrogens is 1. The molecule has 0 unspecified atom stereocenters. The van der Waals surface area contributed by atoms with Gasteiger partial charge in [-0.05, 0) is 23.6 Å². The maximum Gasteiger partial charge on any atom is 0.184 e. The molecule has 0 amide bonds. The second kappa shape index (κ2) is 3.28. The third-order valence-electron chi connectivity index (χ3n) is 2.05. The van der Waals surface area contributed by atoms with E-state index in [1.807, 2.05) is 6.07 Å². The van der Waals surface area contributed by atoms with Gasteiger partial charge in [-0.1, -0.05) is 31.5 Å². The van der Waals surface area contributed by atoms with Crippen LogP contribution in [-0.4, -0.2) is 4.98 Å². The maximum atomic E-state index is 5.82. The van der Waals surface area contributed by atoms with Crippen LogP contribution in [0.25, 0.3) is 10.2 Å². The van der Waals surface area contributed by atoms with Gasteiger partial charge in [0.05, 0.1) is 10.2 Å². The lowest BCUT2D eigenvalue weighted by Crippen LogP contribution is -1.84. The first-order valence-electron chi connectivity index (χ1n) is 4.23. The summed E-state index contributed by atoms with van der Waals surface area (Å²) in [5.41, 5.74) is 2.34. The molecule has 0 aliphatic carbocycles. The molecule has 1 nitrogen and oxygen atoms in total. The van der Waals surface area contributed by atoms with E-state index in [-0.39, 0.29) is 0 Å². The fourth-order valence-corrected chi connectivity index (χ4v) is 2.35. The van der Waals surface area contributed by atoms with Gasteiger partial charge in [0.25, 0.3) is 0 Å². The van der Waals surface area contributed by atoms with Crippen molar-refractivity contribution < 1.29 is 0 Å². The number of hydrogen-bond donors (Lipinski definition) is 0. The molecule has 0 N–H and O–H groups in total. The second-order valence-electron chi connectivity index (χ2n) is 3.35.